The number of carbonyl (C=O) groups excluding carboxylic acids is 2. The van der Waals surface area contributed by atoms with Crippen molar-refractivity contribution < 1.29 is 9.59 Å². The van der Waals surface area contributed by atoms with Gasteiger partial charge in [0.15, 0.2) is 5.65 Å². The minimum absolute atomic E-state index is 0.0561. The van der Waals surface area contributed by atoms with Gasteiger partial charge in [0.25, 0.3) is 11.8 Å². The quantitative estimate of drug-likeness (QED) is 0.571. The molecular formula is C22H20N6O2. The van der Waals surface area contributed by atoms with Crippen molar-refractivity contribution in [3.63, 3.8) is 0 Å². The van der Waals surface area contributed by atoms with Gasteiger partial charge >= 0.3 is 0 Å². The number of rotatable bonds is 3. The van der Waals surface area contributed by atoms with E-state index in [-0.39, 0.29) is 17.9 Å². The number of nitrogens with zero attached hydrogens (tertiary/aromatic N) is 5. The van der Waals surface area contributed by atoms with E-state index in [9.17, 15) is 9.59 Å². The van der Waals surface area contributed by atoms with Crippen molar-refractivity contribution in [2.24, 2.45) is 0 Å². The average molecular weight is 400 g/mol. The molecule has 1 aromatic carbocycles. The van der Waals surface area contributed by atoms with Crippen LogP contribution in [-0.2, 0) is 0 Å². The molecule has 0 radical (unpaired) electrons. The number of hydrogen-bond donors (Lipinski definition) is 1. The van der Waals surface area contributed by atoms with Crippen molar-refractivity contribution >= 4 is 28.4 Å². The zero-order valence-corrected chi connectivity index (χ0v) is 16.4. The molecule has 0 bridgehead atoms. The summed E-state index contributed by atoms with van der Waals surface area (Å²) in [6.45, 7) is 0.656. The van der Waals surface area contributed by atoms with Crippen LogP contribution in [0.3, 0.4) is 0 Å². The Labute approximate surface area is 172 Å². The zero-order valence-electron chi connectivity index (χ0n) is 16.4. The first-order chi connectivity index (χ1) is 14.7. The van der Waals surface area contributed by atoms with Crippen LogP contribution in [0.5, 0.6) is 0 Å². The van der Waals surface area contributed by atoms with E-state index in [0.29, 0.717) is 23.3 Å². The monoisotopic (exact) mass is 400 g/mol. The van der Waals surface area contributed by atoms with E-state index in [1.165, 1.54) is 6.20 Å². The molecule has 3 aromatic heterocycles. The van der Waals surface area contributed by atoms with Crippen molar-refractivity contribution in [2.75, 3.05) is 13.6 Å². The van der Waals surface area contributed by atoms with Crippen molar-refractivity contribution in [2.45, 2.75) is 18.9 Å². The van der Waals surface area contributed by atoms with Crippen LogP contribution < -0.4 is 5.32 Å². The number of fused-ring (bicyclic) bond motifs is 2. The van der Waals surface area contributed by atoms with Crippen molar-refractivity contribution in [1.29, 1.82) is 0 Å². The first-order valence-electron chi connectivity index (χ1n) is 9.88. The SMILES string of the molecule is CNC(=O)c1cnn2c([C@@H]3CCCN3C(=O)c3cnc4ccccc4c3)ccnc12. The van der Waals surface area contributed by atoms with Gasteiger partial charge in [0.1, 0.15) is 5.56 Å². The van der Waals surface area contributed by atoms with Crippen LogP contribution in [0.4, 0.5) is 0 Å². The fourth-order valence-corrected chi connectivity index (χ4v) is 4.13. The molecule has 1 aliphatic heterocycles. The molecule has 1 atom stereocenters. The van der Waals surface area contributed by atoms with E-state index in [0.717, 1.165) is 29.4 Å². The molecular weight excluding hydrogens is 380 g/mol. The fourth-order valence-electron chi connectivity index (χ4n) is 4.13. The highest BCUT2D eigenvalue weighted by Crippen LogP contribution is 2.33. The smallest absolute Gasteiger partial charge is 0.256 e. The van der Waals surface area contributed by atoms with E-state index in [1.807, 2.05) is 41.3 Å². The van der Waals surface area contributed by atoms with Crippen LogP contribution in [0.25, 0.3) is 16.6 Å². The minimum Gasteiger partial charge on any atom is -0.355 e. The first kappa shape index (κ1) is 18.2. The normalized spacial score (nSPS) is 16.3. The summed E-state index contributed by atoms with van der Waals surface area (Å²) in [6, 6.07) is 11.4. The highest BCUT2D eigenvalue weighted by Gasteiger charge is 2.33. The van der Waals surface area contributed by atoms with Gasteiger partial charge in [-0.15, -0.1) is 0 Å². The maximum Gasteiger partial charge on any atom is 0.256 e. The number of amides is 2. The topological polar surface area (TPSA) is 92.5 Å². The average Bonchev–Trinajstić information content (AvgIpc) is 3.45. The number of benzene rings is 1. The zero-order chi connectivity index (χ0) is 20.7. The molecule has 1 aliphatic rings. The Morgan fingerprint density at radius 1 is 1.13 bits per heavy atom. The lowest BCUT2D eigenvalue weighted by Crippen LogP contribution is -2.31. The van der Waals surface area contributed by atoms with Crippen molar-refractivity contribution in [3.8, 4) is 0 Å². The van der Waals surface area contributed by atoms with Gasteiger partial charge in [0.2, 0.25) is 0 Å². The third kappa shape index (κ3) is 2.88. The number of nitrogens with one attached hydrogen (secondary N) is 1. The Morgan fingerprint density at radius 2 is 2.00 bits per heavy atom. The van der Waals surface area contributed by atoms with Gasteiger partial charge in [-0.05, 0) is 31.0 Å². The van der Waals surface area contributed by atoms with Gasteiger partial charge in [-0.1, -0.05) is 18.2 Å². The molecule has 30 heavy (non-hydrogen) atoms. The summed E-state index contributed by atoms with van der Waals surface area (Å²) in [5.41, 5.74) is 3.17. The Bertz CT molecular complexity index is 1280. The number of likely N-dealkylation sites (tertiary alicyclic amines) is 1. The van der Waals surface area contributed by atoms with Crippen molar-refractivity contribution in [3.05, 3.63) is 71.8 Å². The summed E-state index contributed by atoms with van der Waals surface area (Å²) in [4.78, 5) is 36.1. The molecule has 1 fully saturated rings. The predicted octanol–water partition coefficient (Wildman–Crippen LogP) is 2.61. The molecule has 8 nitrogen and oxygen atoms in total. The van der Waals surface area contributed by atoms with Gasteiger partial charge in [0.05, 0.1) is 29.0 Å². The summed E-state index contributed by atoms with van der Waals surface area (Å²) in [5, 5.41) is 7.93. The maximum absolute atomic E-state index is 13.3. The first-order valence-corrected chi connectivity index (χ1v) is 9.88. The largest absolute Gasteiger partial charge is 0.355 e. The second-order valence-electron chi connectivity index (χ2n) is 7.32. The van der Waals surface area contributed by atoms with Gasteiger partial charge in [-0.3, -0.25) is 14.6 Å². The Morgan fingerprint density at radius 3 is 2.87 bits per heavy atom. The lowest BCUT2D eigenvalue weighted by molar-refractivity contribution is 0.0731. The molecule has 4 aromatic rings. The molecule has 1 saturated heterocycles. The van der Waals surface area contributed by atoms with Crippen LogP contribution >= 0.6 is 0 Å². The molecule has 0 aliphatic carbocycles. The van der Waals surface area contributed by atoms with Crippen LogP contribution in [0, 0.1) is 0 Å². The van der Waals surface area contributed by atoms with Gasteiger partial charge in [-0.25, -0.2) is 9.50 Å². The number of carbonyl (C=O) groups is 2. The molecule has 0 saturated carbocycles. The molecule has 8 heteroatoms. The van der Waals surface area contributed by atoms with E-state index >= 15 is 0 Å². The summed E-state index contributed by atoms with van der Waals surface area (Å²) < 4.78 is 1.67. The van der Waals surface area contributed by atoms with E-state index in [4.69, 9.17) is 0 Å². The number of pyridine rings is 1. The third-order valence-electron chi connectivity index (χ3n) is 5.59. The van der Waals surface area contributed by atoms with Crippen LogP contribution in [0.2, 0.25) is 0 Å². The second-order valence-corrected chi connectivity index (χ2v) is 7.32. The summed E-state index contributed by atoms with van der Waals surface area (Å²) in [5.74, 6) is -0.296. The molecule has 4 heterocycles. The van der Waals surface area contributed by atoms with Crippen LogP contribution in [0.1, 0.15) is 45.3 Å². The number of para-hydroxylation sites is 1. The van der Waals surface area contributed by atoms with E-state index < -0.39 is 0 Å². The minimum atomic E-state index is -0.240. The molecule has 1 N–H and O–H groups in total. The van der Waals surface area contributed by atoms with Crippen LogP contribution in [-0.4, -0.2) is 49.9 Å². The number of hydrogen-bond acceptors (Lipinski definition) is 5. The summed E-state index contributed by atoms with van der Waals surface area (Å²) in [7, 11) is 1.57. The molecule has 0 spiro atoms. The highest BCUT2D eigenvalue weighted by molar-refractivity contribution is 5.99. The van der Waals surface area contributed by atoms with Gasteiger partial charge in [0, 0.05) is 31.4 Å². The lowest BCUT2D eigenvalue weighted by atomic mass is 10.1. The lowest BCUT2D eigenvalue weighted by Gasteiger charge is -2.25. The number of aromatic nitrogens is 4. The molecule has 5 rings (SSSR count). The third-order valence-corrected chi connectivity index (χ3v) is 5.59. The standard InChI is InChI=1S/C22H20N6O2/c1-23-21(29)16-13-26-28-19(8-9-24-20(16)28)18-7-4-10-27(18)22(30)15-11-14-5-2-3-6-17(14)25-12-15/h2-3,5-6,8-9,11-13,18H,4,7,10H2,1H3,(H,23,29)/t18-/m0/s1. The Hall–Kier alpha value is -3.81. The highest BCUT2D eigenvalue weighted by atomic mass is 16.2. The Balaban J connectivity index is 1.52. The Kier molecular flexibility index (Phi) is 4.39. The molecule has 150 valence electrons. The van der Waals surface area contributed by atoms with Crippen molar-refractivity contribution in [1.82, 2.24) is 29.8 Å². The van der Waals surface area contributed by atoms with Gasteiger partial charge in [-0.2, -0.15) is 5.10 Å². The van der Waals surface area contributed by atoms with E-state index in [1.54, 1.807) is 24.0 Å². The summed E-state index contributed by atoms with van der Waals surface area (Å²) >= 11 is 0. The van der Waals surface area contributed by atoms with Gasteiger partial charge < -0.3 is 10.2 Å². The maximum atomic E-state index is 13.3. The van der Waals surface area contributed by atoms with Crippen LogP contribution in [0.15, 0.2) is 55.0 Å². The summed E-state index contributed by atoms with van der Waals surface area (Å²) in [6.07, 6.45) is 6.53. The van der Waals surface area contributed by atoms with E-state index in [2.05, 4.69) is 20.4 Å². The fraction of sp³-hybridized carbons (Fsp3) is 0.227. The second kappa shape index (κ2) is 7.22. The molecule has 0 unspecified atom stereocenters. The molecule has 2 amide bonds. The predicted molar refractivity (Wildman–Crippen MR) is 111 cm³/mol.